The largest absolute Gasteiger partial charge is 0.507 e. The molecule has 0 radical (unpaired) electrons. The Morgan fingerprint density at radius 3 is 2.70 bits per heavy atom. The van der Waals surface area contributed by atoms with Crippen LogP contribution in [-0.4, -0.2) is 24.5 Å². The van der Waals surface area contributed by atoms with Crippen molar-refractivity contribution < 1.29 is 9.90 Å². The van der Waals surface area contributed by atoms with Crippen molar-refractivity contribution >= 4 is 11.5 Å². The number of anilines is 1. The maximum Gasteiger partial charge on any atom is 0.163 e. The Balaban J connectivity index is 1.69. The van der Waals surface area contributed by atoms with Gasteiger partial charge in [0.25, 0.3) is 0 Å². The number of Topliss-reactive ketones (excluding diaryl/α,β-unsaturated/α-hetero) is 1. The van der Waals surface area contributed by atoms with Crippen molar-refractivity contribution in [2.24, 2.45) is 17.8 Å². The predicted octanol–water partition coefficient (Wildman–Crippen LogP) is 3.47. The normalized spacial score (nSPS) is 27.8. The smallest absolute Gasteiger partial charge is 0.163 e. The summed E-state index contributed by atoms with van der Waals surface area (Å²) in [6.45, 7) is 2.54. The Hall–Kier alpha value is -1.51. The molecule has 0 spiro atoms. The minimum Gasteiger partial charge on any atom is -0.507 e. The molecule has 1 N–H and O–H groups in total. The van der Waals surface area contributed by atoms with E-state index in [1.165, 1.54) is 32.6 Å². The molecule has 3 heteroatoms. The lowest BCUT2D eigenvalue weighted by molar-refractivity contribution is 0.101. The van der Waals surface area contributed by atoms with Crippen LogP contribution in [0.1, 0.15) is 43.0 Å². The van der Waals surface area contributed by atoms with Gasteiger partial charge in [-0.3, -0.25) is 4.79 Å². The Kier molecular flexibility index (Phi) is 3.45. The van der Waals surface area contributed by atoms with Crippen molar-refractivity contribution in [3.05, 3.63) is 23.8 Å². The summed E-state index contributed by atoms with van der Waals surface area (Å²) in [5.41, 5.74) is 1.40. The van der Waals surface area contributed by atoms with E-state index in [1.807, 2.05) is 6.07 Å². The minimum absolute atomic E-state index is 0.0924. The molecule has 3 nitrogen and oxygen atoms in total. The lowest BCUT2D eigenvalue weighted by Crippen LogP contribution is -2.28. The van der Waals surface area contributed by atoms with Gasteiger partial charge < -0.3 is 10.0 Å². The molecule has 3 rings (SSSR count). The number of carbonyl (C=O) groups excluding carboxylic acids is 1. The van der Waals surface area contributed by atoms with Gasteiger partial charge >= 0.3 is 0 Å². The average Bonchev–Trinajstić information content (AvgIpc) is 3.00. The lowest BCUT2D eigenvalue weighted by atomic mass is 9.88. The van der Waals surface area contributed by atoms with Crippen LogP contribution in [-0.2, 0) is 0 Å². The first-order valence-electron chi connectivity index (χ1n) is 7.59. The molecule has 2 saturated carbocycles. The number of hydrogen-bond donors (Lipinski definition) is 1. The van der Waals surface area contributed by atoms with Crippen molar-refractivity contribution in [3.8, 4) is 5.75 Å². The van der Waals surface area contributed by atoms with Crippen LogP contribution in [0, 0.1) is 17.8 Å². The number of fused-ring (bicyclic) bond motifs is 2. The fourth-order valence-corrected chi connectivity index (χ4v) is 4.11. The van der Waals surface area contributed by atoms with E-state index in [-0.39, 0.29) is 11.5 Å². The van der Waals surface area contributed by atoms with Crippen LogP contribution < -0.4 is 4.90 Å². The molecule has 2 aliphatic carbocycles. The van der Waals surface area contributed by atoms with E-state index in [4.69, 9.17) is 0 Å². The first-order valence-corrected chi connectivity index (χ1v) is 7.59. The number of phenols is 1. The van der Waals surface area contributed by atoms with Gasteiger partial charge in [0.2, 0.25) is 0 Å². The second-order valence-corrected chi connectivity index (χ2v) is 6.57. The third-order valence-electron chi connectivity index (χ3n) is 5.19. The summed E-state index contributed by atoms with van der Waals surface area (Å²) in [6.07, 6.45) is 5.62. The maximum atomic E-state index is 11.3. The molecular weight excluding hydrogens is 250 g/mol. The first-order chi connectivity index (χ1) is 9.54. The fourth-order valence-electron chi connectivity index (χ4n) is 4.11. The van der Waals surface area contributed by atoms with Gasteiger partial charge in [-0.15, -0.1) is 0 Å². The molecule has 3 atom stereocenters. The van der Waals surface area contributed by atoms with Gasteiger partial charge in [0, 0.05) is 25.3 Å². The summed E-state index contributed by atoms with van der Waals surface area (Å²) in [5, 5.41) is 9.93. The maximum absolute atomic E-state index is 11.3. The monoisotopic (exact) mass is 273 g/mol. The molecule has 0 saturated heterocycles. The zero-order valence-corrected chi connectivity index (χ0v) is 12.3. The Morgan fingerprint density at radius 1 is 1.35 bits per heavy atom. The van der Waals surface area contributed by atoms with Crippen LogP contribution in [0.2, 0.25) is 0 Å². The second-order valence-electron chi connectivity index (χ2n) is 6.57. The predicted molar refractivity (Wildman–Crippen MR) is 80.3 cm³/mol. The summed E-state index contributed by atoms with van der Waals surface area (Å²) in [7, 11) is 2.08. The van der Waals surface area contributed by atoms with Crippen LogP contribution in [0.4, 0.5) is 5.69 Å². The van der Waals surface area contributed by atoms with E-state index >= 15 is 0 Å². The van der Waals surface area contributed by atoms with E-state index < -0.39 is 0 Å². The number of nitrogens with zero attached hydrogens (tertiary/aromatic N) is 1. The van der Waals surface area contributed by atoms with Crippen molar-refractivity contribution in [2.45, 2.75) is 32.6 Å². The molecule has 2 bridgehead atoms. The van der Waals surface area contributed by atoms with Crippen LogP contribution in [0.15, 0.2) is 18.2 Å². The van der Waals surface area contributed by atoms with E-state index in [1.54, 1.807) is 12.1 Å². The molecule has 0 aromatic heterocycles. The first kappa shape index (κ1) is 13.5. The van der Waals surface area contributed by atoms with E-state index in [9.17, 15) is 9.90 Å². The number of phenolic OH excluding ortho intramolecular Hbond substituents is 1. The van der Waals surface area contributed by atoms with E-state index in [2.05, 4.69) is 11.9 Å². The third kappa shape index (κ3) is 2.41. The molecule has 1 aromatic rings. The van der Waals surface area contributed by atoms with Crippen LogP contribution in [0.25, 0.3) is 0 Å². The molecular formula is C17H23NO2. The van der Waals surface area contributed by atoms with Gasteiger partial charge in [0.15, 0.2) is 5.78 Å². The summed E-state index contributed by atoms with van der Waals surface area (Å²) >= 11 is 0. The summed E-state index contributed by atoms with van der Waals surface area (Å²) < 4.78 is 0. The number of benzene rings is 1. The molecule has 108 valence electrons. The van der Waals surface area contributed by atoms with Crippen LogP contribution in [0.3, 0.4) is 0 Å². The molecule has 2 fully saturated rings. The van der Waals surface area contributed by atoms with Gasteiger partial charge in [-0.05, 0) is 56.1 Å². The van der Waals surface area contributed by atoms with Crippen LogP contribution >= 0.6 is 0 Å². The fraction of sp³-hybridized carbons (Fsp3) is 0.588. The van der Waals surface area contributed by atoms with Crippen molar-refractivity contribution in [2.75, 3.05) is 18.5 Å². The van der Waals surface area contributed by atoms with Crippen LogP contribution in [0.5, 0.6) is 5.75 Å². The zero-order valence-electron chi connectivity index (χ0n) is 12.3. The Bertz CT molecular complexity index is 526. The standard InChI is InChI=1S/C17H23NO2/c1-11(19)16-6-5-15(9-17(16)20)18(2)10-14-8-12-3-4-13(14)7-12/h5-6,9,12-14,20H,3-4,7-8,10H2,1-2H3. The number of aromatic hydroxyl groups is 1. The third-order valence-corrected chi connectivity index (χ3v) is 5.19. The van der Waals surface area contributed by atoms with E-state index in [0.29, 0.717) is 5.56 Å². The van der Waals surface area contributed by atoms with Gasteiger partial charge in [-0.1, -0.05) is 6.42 Å². The molecule has 20 heavy (non-hydrogen) atoms. The van der Waals surface area contributed by atoms with Crippen molar-refractivity contribution in [1.82, 2.24) is 0 Å². The highest BCUT2D eigenvalue weighted by Gasteiger charge is 2.39. The topological polar surface area (TPSA) is 40.5 Å². The molecule has 1 aromatic carbocycles. The number of hydrogen-bond acceptors (Lipinski definition) is 3. The molecule has 0 heterocycles. The van der Waals surface area contributed by atoms with Gasteiger partial charge in [0.1, 0.15) is 5.75 Å². The lowest BCUT2D eigenvalue weighted by Gasteiger charge is -2.28. The zero-order chi connectivity index (χ0) is 14.3. The summed E-state index contributed by atoms with van der Waals surface area (Å²) in [4.78, 5) is 13.6. The highest BCUT2D eigenvalue weighted by Crippen LogP contribution is 2.48. The summed E-state index contributed by atoms with van der Waals surface area (Å²) in [5.74, 6) is 2.67. The van der Waals surface area contributed by atoms with Gasteiger partial charge in [-0.25, -0.2) is 0 Å². The molecule has 3 unspecified atom stereocenters. The minimum atomic E-state index is -0.0928. The van der Waals surface area contributed by atoms with Gasteiger partial charge in [0.05, 0.1) is 5.56 Å². The summed E-state index contributed by atoms with van der Waals surface area (Å²) in [6, 6.07) is 5.37. The second kappa shape index (κ2) is 5.12. The average molecular weight is 273 g/mol. The van der Waals surface area contributed by atoms with Gasteiger partial charge in [-0.2, -0.15) is 0 Å². The van der Waals surface area contributed by atoms with Crippen molar-refractivity contribution in [1.29, 1.82) is 0 Å². The quantitative estimate of drug-likeness (QED) is 0.854. The number of carbonyl (C=O) groups is 1. The SMILES string of the molecule is CC(=O)c1ccc(N(C)CC2CC3CCC2C3)cc1O. The molecule has 0 aliphatic heterocycles. The number of ketones is 1. The Morgan fingerprint density at radius 2 is 2.15 bits per heavy atom. The highest BCUT2D eigenvalue weighted by atomic mass is 16.3. The highest BCUT2D eigenvalue weighted by molar-refractivity contribution is 5.97. The molecule has 0 amide bonds. The van der Waals surface area contributed by atoms with Crippen molar-refractivity contribution in [3.63, 3.8) is 0 Å². The number of rotatable bonds is 4. The molecule has 2 aliphatic rings. The van der Waals surface area contributed by atoms with E-state index in [0.717, 1.165) is 30.0 Å². The Labute approximate surface area is 120 Å².